The maximum Gasteiger partial charge on any atom is 0.341 e. The molecule has 0 saturated carbocycles. The van der Waals surface area contributed by atoms with Crippen LogP contribution in [0.4, 0.5) is 0 Å². The van der Waals surface area contributed by atoms with Gasteiger partial charge in [-0.1, -0.05) is 23.2 Å². The molecule has 0 saturated heterocycles. The molecule has 0 N–H and O–H groups in total. The van der Waals surface area contributed by atoms with E-state index in [1.165, 1.54) is 20.1 Å². The first-order valence-electron chi connectivity index (χ1n) is 7.36. The highest BCUT2D eigenvalue weighted by Gasteiger charge is 2.17. The zero-order chi connectivity index (χ0) is 18.4. The number of carbonyl (C=O) groups is 2. The predicted molar refractivity (Wildman–Crippen MR) is 95.7 cm³/mol. The van der Waals surface area contributed by atoms with Gasteiger partial charge < -0.3 is 13.9 Å². The zero-order valence-corrected chi connectivity index (χ0v) is 15.2. The van der Waals surface area contributed by atoms with Crippen LogP contribution in [-0.2, 0) is 19.1 Å². The van der Waals surface area contributed by atoms with Crippen LogP contribution < -0.4 is 0 Å². The van der Waals surface area contributed by atoms with Gasteiger partial charge in [-0.15, -0.1) is 0 Å². The molecule has 0 fully saturated rings. The van der Waals surface area contributed by atoms with E-state index < -0.39 is 11.8 Å². The second kappa shape index (κ2) is 8.85. The summed E-state index contributed by atoms with van der Waals surface area (Å²) in [6.07, 6.45) is 1.33. The molecule has 132 valence electrons. The Labute approximate surface area is 155 Å². The fourth-order valence-corrected chi connectivity index (χ4v) is 2.39. The van der Waals surface area contributed by atoms with Gasteiger partial charge >= 0.3 is 5.97 Å². The number of furan rings is 1. The highest BCUT2D eigenvalue weighted by molar-refractivity contribution is 6.35. The molecule has 5 nitrogen and oxygen atoms in total. The van der Waals surface area contributed by atoms with Crippen LogP contribution in [0, 0.1) is 0 Å². The molecule has 0 unspecified atom stereocenters. The van der Waals surface area contributed by atoms with E-state index in [-0.39, 0.29) is 18.8 Å². The summed E-state index contributed by atoms with van der Waals surface area (Å²) in [6.45, 7) is 1.58. The largest absolute Gasteiger partial charge is 0.460 e. The summed E-state index contributed by atoms with van der Waals surface area (Å²) in [5, 5.41) is 0.985. The Kier molecular flexibility index (Phi) is 6.82. The number of Topliss-reactive ketones (excluding diaryl/α,β-unsaturated/α-hetero) is 1. The van der Waals surface area contributed by atoms with Gasteiger partial charge in [0, 0.05) is 17.7 Å². The molecule has 1 aromatic heterocycles. The summed E-state index contributed by atoms with van der Waals surface area (Å²) in [5.74, 6) is -0.376. The summed E-state index contributed by atoms with van der Waals surface area (Å²) in [4.78, 5) is 23.7. The molecule has 0 atom stereocenters. The quantitative estimate of drug-likeness (QED) is 0.233. The third-order valence-corrected chi connectivity index (χ3v) is 3.79. The maximum absolute atomic E-state index is 12.0. The maximum atomic E-state index is 12.0. The molecule has 0 bridgehead atoms. The first-order valence-corrected chi connectivity index (χ1v) is 8.12. The van der Waals surface area contributed by atoms with Crippen LogP contribution in [0.25, 0.3) is 17.4 Å². The minimum Gasteiger partial charge on any atom is -0.460 e. The van der Waals surface area contributed by atoms with E-state index in [0.717, 1.165) is 0 Å². The van der Waals surface area contributed by atoms with Gasteiger partial charge in [0.15, 0.2) is 5.78 Å². The van der Waals surface area contributed by atoms with E-state index in [1.54, 1.807) is 30.3 Å². The number of benzene rings is 1. The number of ether oxygens (including phenoxy) is 2. The Balaban J connectivity index is 2.27. The molecule has 0 amide bonds. The number of carbonyl (C=O) groups excluding carboxylic acids is 2. The second-order valence-corrected chi connectivity index (χ2v) is 5.91. The lowest BCUT2D eigenvalue weighted by Crippen LogP contribution is -2.16. The Bertz CT molecular complexity index is 808. The summed E-state index contributed by atoms with van der Waals surface area (Å²) < 4.78 is 15.4. The SMILES string of the molecule is COCCOC(=O)/C(=C/c1ccc(-c2cc(Cl)ccc2Cl)o1)C(C)=O. The van der Waals surface area contributed by atoms with Gasteiger partial charge in [-0.25, -0.2) is 4.79 Å². The third-order valence-electron chi connectivity index (χ3n) is 3.23. The van der Waals surface area contributed by atoms with E-state index in [0.29, 0.717) is 27.1 Å². The molecular formula is C18H16Cl2O5. The average Bonchev–Trinajstić information content (AvgIpc) is 3.03. The molecule has 0 aliphatic carbocycles. The Morgan fingerprint density at radius 2 is 1.92 bits per heavy atom. The zero-order valence-electron chi connectivity index (χ0n) is 13.7. The van der Waals surface area contributed by atoms with Crippen LogP contribution >= 0.6 is 23.2 Å². The number of esters is 1. The Morgan fingerprint density at radius 3 is 2.60 bits per heavy atom. The van der Waals surface area contributed by atoms with Crippen LogP contribution in [0.3, 0.4) is 0 Å². The summed E-state index contributed by atoms with van der Waals surface area (Å²) in [6, 6.07) is 8.29. The Morgan fingerprint density at radius 1 is 1.16 bits per heavy atom. The predicted octanol–water partition coefficient (Wildman–Crippen LogP) is 4.42. The molecule has 7 heteroatoms. The number of methoxy groups -OCH3 is 1. The summed E-state index contributed by atoms with van der Waals surface area (Å²) >= 11 is 12.1. The van der Waals surface area contributed by atoms with Gasteiger partial charge in [-0.3, -0.25) is 4.79 Å². The fourth-order valence-electron chi connectivity index (χ4n) is 2.00. The average molecular weight is 383 g/mol. The highest BCUT2D eigenvalue weighted by Crippen LogP contribution is 2.32. The van der Waals surface area contributed by atoms with Crippen molar-refractivity contribution < 1.29 is 23.5 Å². The van der Waals surface area contributed by atoms with Crippen LogP contribution in [0.2, 0.25) is 10.0 Å². The smallest absolute Gasteiger partial charge is 0.341 e. The number of ketones is 1. The number of hydrogen-bond acceptors (Lipinski definition) is 5. The van der Waals surface area contributed by atoms with Crippen LogP contribution in [0.15, 0.2) is 40.3 Å². The molecule has 2 aromatic rings. The van der Waals surface area contributed by atoms with Gasteiger partial charge in [0.2, 0.25) is 0 Å². The minimum atomic E-state index is -0.733. The molecule has 0 aliphatic heterocycles. The van der Waals surface area contributed by atoms with Gasteiger partial charge in [0.05, 0.1) is 11.6 Å². The van der Waals surface area contributed by atoms with Crippen molar-refractivity contribution in [1.82, 2.24) is 0 Å². The number of hydrogen-bond donors (Lipinski definition) is 0. The molecule has 25 heavy (non-hydrogen) atoms. The molecular weight excluding hydrogens is 367 g/mol. The van der Waals surface area contributed by atoms with Crippen molar-refractivity contribution in [3.8, 4) is 11.3 Å². The lowest BCUT2D eigenvalue weighted by atomic mass is 10.1. The molecule has 0 spiro atoms. The lowest BCUT2D eigenvalue weighted by molar-refractivity contribution is -0.141. The fraction of sp³-hybridized carbons (Fsp3) is 0.222. The van der Waals surface area contributed by atoms with Crippen molar-refractivity contribution in [2.75, 3.05) is 20.3 Å². The van der Waals surface area contributed by atoms with E-state index in [1.807, 2.05) is 0 Å². The summed E-state index contributed by atoms with van der Waals surface area (Å²) in [7, 11) is 1.49. The van der Waals surface area contributed by atoms with Crippen molar-refractivity contribution in [3.05, 3.63) is 51.7 Å². The van der Waals surface area contributed by atoms with Crippen molar-refractivity contribution in [1.29, 1.82) is 0 Å². The van der Waals surface area contributed by atoms with Gasteiger partial charge in [-0.05, 0) is 43.3 Å². The standard InChI is InChI=1S/C18H16Cl2O5/c1-11(21)14(18(22)24-8-7-23-2)10-13-4-6-17(25-13)15-9-12(19)3-5-16(15)20/h3-6,9-10H,7-8H2,1-2H3/b14-10+. The van der Waals surface area contributed by atoms with Gasteiger partial charge in [-0.2, -0.15) is 0 Å². The molecule has 1 aromatic carbocycles. The molecule has 1 heterocycles. The topological polar surface area (TPSA) is 65.7 Å². The Hall–Kier alpha value is -2.08. The van der Waals surface area contributed by atoms with Crippen molar-refractivity contribution in [2.24, 2.45) is 0 Å². The number of rotatable bonds is 7. The first kappa shape index (κ1) is 19.2. The first-order chi connectivity index (χ1) is 11.9. The van der Waals surface area contributed by atoms with Crippen molar-refractivity contribution in [3.63, 3.8) is 0 Å². The lowest BCUT2D eigenvalue weighted by Gasteiger charge is -2.05. The highest BCUT2D eigenvalue weighted by atomic mass is 35.5. The number of halogens is 2. The van der Waals surface area contributed by atoms with E-state index in [4.69, 9.17) is 37.1 Å². The molecule has 0 aliphatic rings. The van der Waals surface area contributed by atoms with Gasteiger partial charge in [0.25, 0.3) is 0 Å². The third kappa shape index (κ3) is 5.19. The van der Waals surface area contributed by atoms with Crippen LogP contribution in [0.5, 0.6) is 0 Å². The van der Waals surface area contributed by atoms with Crippen molar-refractivity contribution in [2.45, 2.75) is 6.92 Å². The van der Waals surface area contributed by atoms with Crippen LogP contribution in [-0.4, -0.2) is 32.1 Å². The minimum absolute atomic E-state index is 0.0570. The van der Waals surface area contributed by atoms with Gasteiger partial charge in [0.1, 0.15) is 23.7 Å². The normalized spacial score (nSPS) is 11.4. The monoisotopic (exact) mass is 382 g/mol. The van der Waals surface area contributed by atoms with E-state index in [2.05, 4.69) is 0 Å². The van der Waals surface area contributed by atoms with Crippen molar-refractivity contribution >= 4 is 41.0 Å². The molecule has 2 rings (SSSR count). The second-order valence-electron chi connectivity index (χ2n) is 5.07. The van der Waals surface area contributed by atoms with E-state index in [9.17, 15) is 9.59 Å². The van der Waals surface area contributed by atoms with E-state index >= 15 is 0 Å². The molecule has 0 radical (unpaired) electrons. The van der Waals surface area contributed by atoms with Crippen LogP contribution in [0.1, 0.15) is 12.7 Å². The summed E-state index contributed by atoms with van der Waals surface area (Å²) in [5.41, 5.74) is 0.495.